The highest BCUT2D eigenvalue weighted by atomic mass is 79.9. The van der Waals surface area contributed by atoms with Crippen molar-refractivity contribution in [1.82, 2.24) is 4.98 Å². The molecule has 0 aliphatic heterocycles. The second-order valence-electron chi connectivity index (χ2n) is 2.08. The third-order valence-corrected chi connectivity index (χ3v) is 2.36. The largest absolute Gasteiger partial charge is 0.241 e. The zero-order chi connectivity index (χ0) is 8.27. The van der Waals surface area contributed by atoms with Gasteiger partial charge in [0.25, 0.3) is 0 Å². The van der Waals surface area contributed by atoms with Gasteiger partial charge in [-0.1, -0.05) is 28.6 Å². The molecule has 0 bridgehead atoms. The molecule has 0 saturated carbocycles. The molecule has 0 radical (unpaired) electrons. The number of rotatable bonds is 2. The quantitative estimate of drug-likeness (QED) is 0.597. The van der Waals surface area contributed by atoms with Crippen molar-refractivity contribution in [3.8, 4) is 0 Å². The van der Waals surface area contributed by atoms with E-state index in [4.69, 9.17) is 0 Å². The first kappa shape index (κ1) is 8.94. The first-order chi connectivity index (χ1) is 5.24. The first-order valence-corrected chi connectivity index (χ1v) is 5.02. The average molecular weight is 277 g/mol. The summed E-state index contributed by atoms with van der Waals surface area (Å²) in [6, 6.07) is 5.78. The molecule has 0 fully saturated rings. The van der Waals surface area contributed by atoms with Gasteiger partial charge in [-0.25, -0.2) is 4.98 Å². The molecule has 0 atom stereocenters. The molecule has 1 nitrogen and oxygen atoms in total. The smallest absolute Gasteiger partial charge is 0.106 e. The Hall–Kier alpha value is -0.150. The molecular weight excluding hydrogens is 270 g/mol. The van der Waals surface area contributed by atoms with Crippen molar-refractivity contribution < 1.29 is 0 Å². The van der Waals surface area contributed by atoms with Crippen LogP contribution in [0.25, 0.3) is 5.57 Å². The second kappa shape index (κ2) is 4.02. The molecule has 0 amide bonds. The number of pyridine rings is 1. The highest BCUT2D eigenvalue weighted by Gasteiger charge is 1.97. The highest BCUT2D eigenvalue weighted by Crippen LogP contribution is 2.14. The minimum Gasteiger partial charge on any atom is -0.241 e. The lowest BCUT2D eigenvalue weighted by atomic mass is 10.2. The van der Waals surface area contributed by atoms with Crippen LogP contribution in [0.4, 0.5) is 0 Å². The molecule has 1 rings (SSSR count). The maximum absolute atomic E-state index is 4.23. The number of aromatic nitrogens is 1. The normalized spacial score (nSPS) is 9.64. The Morgan fingerprint density at radius 2 is 2.27 bits per heavy atom. The van der Waals surface area contributed by atoms with E-state index in [1.165, 1.54) is 0 Å². The molecule has 0 aliphatic carbocycles. The molecule has 11 heavy (non-hydrogen) atoms. The van der Waals surface area contributed by atoms with E-state index in [9.17, 15) is 0 Å². The van der Waals surface area contributed by atoms with Gasteiger partial charge < -0.3 is 0 Å². The summed E-state index contributed by atoms with van der Waals surface area (Å²) in [5, 5.41) is 0.760. The summed E-state index contributed by atoms with van der Waals surface area (Å²) in [6.45, 7) is 3.85. The third kappa shape index (κ3) is 2.42. The summed E-state index contributed by atoms with van der Waals surface area (Å²) in [5.74, 6) is 0. The Bertz CT molecular complexity index is 271. The van der Waals surface area contributed by atoms with Crippen molar-refractivity contribution in [1.29, 1.82) is 0 Å². The van der Waals surface area contributed by atoms with Gasteiger partial charge in [0.2, 0.25) is 0 Å². The van der Waals surface area contributed by atoms with Crippen molar-refractivity contribution in [2.75, 3.05) is 5.33 Å². The summed E-state index contributed by atoms with van der Waals surface area (Å²) in [7, 11) is 0. The number of allylic oxidation sites excluding steroid dienone is 1. The average Bonchev–Trinajstić information content (AvgIpc) is 2.03. The second-order valence-corrected chi connectivity index (χ2v) is 3.46. The van der Waals surface area contributed by atoms with Crippen LogP contribution < -0.4 is 0 Å². The maximum Gasteiger partial charge on any atom is 0.106 e. The molecule has 1 aromatic rings. The highest BCUT2D eigenvalue weighted by molar-refractivity contribution is 9.10. The van der Waals surface area contributed by atoms with Crippen molar-refractivity contribution >= 4 is 37.4 Å². The lowest BCUT2D eigenvalue weighted by molar-refractivity contribution is 1.23. The number of halogens is 2. The van der Waals surface area contributed by atoms with Crippen LogP contribution >= 0.6 is 31.9 Å². The minimum atomic E-state index is 0.760. The van der Waals surface area contributed by atoms with Gasteiger partial charge >= 0.3 is 0 Å². The summed E-state index contributed by atoms with van der Waals surface area (Å²) < 4.78 is 0.845. The van der Waals surface area contributed by atoms with E-state index in [1.807, 2.05) is 18.2 Å². The molecule has 0 aliphatic rings. The van der Waals surface area contributed by atoms with Gasteiger partial charge in [0.15, 0.2) is 0 Å². The molecular formula is C8H7Br2N. The predicted octanol–water partition coefficient (Wildman–Crippen LogP) is 3.25. The van der Waals surface area contributed by atoms with Crippen LogP contribution in [-0.2, 0) is 0 Å². The topological polar surface area (TPSA) is 12.9 Å². The van der Waals surface area contributed by atoms with E-state index in [-0.39, 0.29) is 0 Å². The van der Waals surface area contributed by atoms with E-state index < -0.39 is 0 Å². The third-order valence-electron chi connectivity index (χ3n) is 1.24. The fraction of sp³-hybridized carbons (Fsp3) is 0.125. The maximum atomic E-state index is 4.23. The van der Waals surface area contributed by atoms with E-state index in [2.05, 4.69) is 43.4 Å². The standard InChI is InChI=1S/C8H7Br2N/c1-6(5-9)7-3-2-4-8(10)11-7/h2-4H,1,5H2. The molecule has 58 valence electrons. The number of nitrogens with zero attached hydrogens (tertiary/aromatic N) is 1. The van der Waals surface area contributed by atoms with Crippen LogP contribution in [-0.4, -0.2) is 10.3 Å². The minimum absolute atomic E-state index is 0.760. The van der Waals surface area contributed by atoms with Crippen LogP contribution in [0.1, 0.15) is 5.69 Å². The van der Waals surface area contributed by atoms with Gasteiger partial charge in [-0.3, -0.25) is 0 Å². The van der Waals surface area contributed by atoms with Gasteiger partial charge in [0, 0.05) is 5.33 Å². The van der Waals surface area contributed by atoms with Gasteiger partial charge in [0.1, 0.15) is 4.60 Å². The first-order valence-electron chi connectivity index (χ1n) is 3.10. The predicted molar refractivity (Wildman–Crippen MR) is 54.8 cm³/mol. The van der Waals surface area contributed by atoms with E-state index >= 15 is 0 Å². The Kier molecular flexibility index (Phi) is 3.27. The molecule has 0 unspecified atom stereocenters. The fourth-order valence-electron chi connectivity index (χ4n) is 0.674. The van der Waals surface area contributed by atoms with Gasteiger partial charge in [0.05, 0.1) is 5.69 Å². The Morgan fingerprint density at radius 1 is 1.55 bits per heavy atom. The van der Waals surface area contributed by atoms with E-state index in [1.54, 1.807) is 0 Å². The van der Waals surface area contributed by atoms with Crippen molar-refractivity contribution in [3.63, 3.8) is 0 Å². The SMILES string of the molecule is C=C(CBr)c1cccc(Br)n1. The zero-order valence-electron chi connectivity index (χ0n) is 5.85. The summed E-state index contributed by atoms with van der Waals surface area (Å²) in [6.07, 6.45) is 0. The van der Waals surface area contributed by atoms with Crippen LogP contribution in [0.2, 0.25) is 0 Å². The summed E-state index contributed by atoms with van der Waals surface area (Å²) in [5.41, 5.74) is 1.92. The Balaban J connectivity index is 2.96. The van der Waals surface area contributed by atoms with E-state index in [0.717, 1.165) is 21.2 Å². The van der Waals surface area contributed by atoms with Crippen LogP contribution in [0.15, 0.2) is 29.4 Å². The molecule has 0 N–H and O–H groups in total. The number of hydrogen-bond acceptors (Lipinski definition) is 1. The number of alkyl halides is 1. The molecule has 1 aromatic heterocycles. The van der Waals surface area contributed by atoms with Crippen molar-refractivity contribution in [2.24, 2.45) is 0 Å². The Labute approximate surface area is 82.8 Å². The monoisotopic (exact) mass is 275 g/mol. The number of hydrogen-bond donors (Lipinski definition) is 0. The van der Waals surface area contributed by atoms with Gasteiger partial charge in [-0.05, 0) is 33.6 Å². The van der Waals surface area contributed by atoms with Gasteiger partial charge in [-0.2, -0.15) is 0 Å². The summed E-state index contributed by atoms with van der Waals surface area (Å²) in [4.78, 5) is 4.23. The molecule has 0 spiro atoms. The van der Waals surface area contributed by atoms with Crippen molar-refractivity contribution in [2.45, 2.75) is 0 Å². The Morgan fingerprint density at radius 3 is 2.82 bits per heavy atom. The van der Waals surface area contributed by atoms with Crippen LogP contribution in [0, 0.1) is 0 Å². The molecule has 3 heteroatoms. The van der Waals surface area contributed by atoms with Crippen LogP contribution in [0.3, 0.4) is 0 Å². The van der Waals surface area contributed by atoms with Crippen molar-refractivity contribution in [3.05, 3.63) is 35.1 Å². The van der Waals surface area contributed by atoms with E-state index in [0.29, 0.717) is 0 Å². The lowest BCUT2D eigenvalue weighted by Gasteiger charge is -1.99. The van der Waals surface area contributed by atoms with Crippen LogP contribution in [0.5, 0.6) is 0 Å². The summed E-state index contributed by atoms with van der Waals surface area (Å²) >= 11 is 6.61. The van der Waals surface area contributed by atoms with Gasteiger partial charge in [-0.15, -0.1) is 0 Å². The fourth-order valence-corrected chi connectivity index (χ4v) is 1.30. The molecule has 0 aromatic carbocycles. The molecule has 1 heterocycles. The lowest BCUT2D eigenvalue weighted by Crippen LogP contribution is -1.88. The molecule has 0 saturated heterocycles. The zero-order valence-corrected chi connectivity index (χ0v) is 9.02.